The third-order valence-electron chi connectivity index (χ3n) is 1.61. The average Bonchev–Trinajstić information content (AvgIpc) is 2.50. The van der Waals surface area contributed by atoms with E-state index in [4.69, 9.17) is 0 Å². The number of halogens is 1. The van der Waals surface area contributed by atoms with E-state index in [0.29, 0.717) is 14.7 Å². The van der Waals surface area contributed by atoms with E-state index in [2.05, 4.69) is 20.9 Å². The zero-order valence-corrected chi connectivity index (χ0v) is 8.63. The number of thiazole rings is 1. The highest BCUT2D eigenvalue weighted by Crippen LogP contribution is 2.35. The maximum atomic E-state index is 10.7. The van der Waals surface area contributed by atoms with Crippen molar-refractivity contribution in [3.05, 3.63) is 32.2 Å². The predicted octanol–water partition coefficient (Wildman–Crippen LogP) is 2.97. The Morgan fingerprint density at radius 3 is 3.00 bits per heavy atom. The summed E-state index contributed by atoms with van der Waals surface area (Å²) in [4.78, 5) is 14.3. The van der Waals surface area contributed by atoms with Crippen LogP contribution in [0.15, 0.2) is 22.1 Å². The number of nitro benzene ring substituents is 1. The van der Waals surface area contributed by atoms with Crippen molar-refractivity contribution in [2.24, 2.45) is 0 Å². The molecule has 0 spiro atoms. The second-order valence-corrected chi connectivity index (χ2v) is 4.06. The van der Waals surface area contributed by atoms with E-state index in [0.717, 1.165) is 0 Å². The highest BCUT2D eigenvalue weighted by atomic mass is 79.9. The molecule has 2 rings (SSSR count). The summed E-state index contributed by atoms with van der Waals surface area (Å²) in [5.41, 5.74) is 2.37. The standard InChI is InChI=1S/C7H3BrN2O2S/c8-4-1-2-5-7(13-3-9-5)6(4)10(11)12/h1-3H. The molecule has 6 heteroatoms. The van der Waals surface area contributed by atoms with Gasteiger partial charge in [-0.3, -0.25) is 10.1 Å². The summed E-state index contributed by atoms with van der Waals surface area (Å²) in [5.74, 6) is 0. The second kappa shape index (κ2) is 3.04. The lowest BCUT2D eigenvalue weighted by molar-refractivity contribution is -0.383. The van der Waals surface area contributed by atoms with E-state index in [-0.39, 0.29) is 5.69 Å². The van der Waals surface area contributed by atoms with Crippen LogP contribution in [-0.2, 0) is 0 Å². The Kier molecular flexibility index (Phi) is 2.01. The predicted molar refractivity (Wildman–Crippen MR) is 54.0 cm³/mol. The minimum atomic E-state index is -0.398. The van der Waals surface area contributed by atoms with Crippen LogP contribution in [0.1, 0.15) is 0 Å². The first kappa shape index (κ1) is 8.58. The summed E-state index contributed by atoms with van der Waals surface area (Å²) >= 11 is 4.41. The van der Waals surface area contributed by atoms with E-state index in [1.807, 2.05) is 0 Å². The summed E-state index contributed by atoms with van der Waals surface area (Å²) in [6.07, 6.45) is 0. The van der Waals surface area contributed by atoms with Gasteiger partial charge in [0.2, 0.25) is 0 Å². The van der Waals surface area contributed by atoms with Crippen LogP contribution in [0.2, 0.25) is 0 Å². The Balaban J connectivity index is 2.88. The molecule has 4 nitrogen and oxygen atoms in total. The largest absolute Gasteiger partial charge is 0.302 e. The van der Waals surface area contributed by atoms with Crippen LogP contribution in [0.5, 0.6) is 0 Å². The lowest BCUT2D eigenvalue weighted by Gasteiger charge is -1.94. The summed E-state index contributed by atoms with van der Waals surface area (Å²) in [6.45, 7) is 0. The minimum Gasteiger partial charge on any atom is -0.258 e. The van der Waals surface area contributed by atoms with E-state index in [1.54, 1.807) is 17.6 Å². The van der Waals surface area contributed by atoms with E-state index >= 15 is 0 Å². The molecule has 0 aliphatic heterocycles. The SMILES string of the molecule is O=[N+]([O-])c1c(Br)ccc2ncsc12. The second-order valence-electron chi connectivity index (χ2n) is 2.35. The van der Waals surface area contributed by atoms with Crippen molar-refractivity contribution in [1.82, 2.24) is 4.98 Å². The van der Waals surface area contributed by atoms with Gasteiger partial charge in [-0.25, -0.2) is 4.98 Å². The molecule has 13 heavy (non-hydrogen) atoms. The molecule has 0 unspecified atom stereocenters. The first-order valence-electron chi connectivity index (χ1n) is 3.36. The molecule has 0 atom stereocenters. The highest BCUT2D eigenvalue weighted by molar-refractivity contribution is 9.10. The minimum absolute atomic E-state index is 0.0972. The van der Waals surface area contributed by atoms with Gasteiger partial charge in [-0.2, -0.15) is 0 Å². The first-order chi connectivity index (χ1) is 6.20. The van der Waals surface area contributed by atoms with Gasteiger partial charge < -0.3 is 0 Å². The van der Waals surface area contributed by atoms with Crippen molar-refractivity contribution in [2.75, 3.05) is 0 Å². The van der Waals surface area contributed by atoms with Crippen molar-refractivity contribution < 1.29 is 4.92 Å². The molecule has 0 bridgehead atoms. The van der Waals surface area contributed by atoms with Crippen LogP contribution in [0.4, 0.5) is 5.69 Å². The summed E-state index contributed by atoms with van der Waals surface area (Å²) < 4.78 is 1.11. The normalized spacial score (nSPS) is 10.5. The maximum absolute atomic E-state index is 10.7. The quantitative estimate of drug-likeness (QED) is 0.584. The monoisotopic (exact) mass is 258 g/mol. The van der Waals surface area contributed by atoms with Gasteiger partial charge in [0.15, 0.2) is 0 Å². The smallest absolute Gasteiger partial charge is 0.258 e. The zero-order chi connectivity index (χ0) is 9.42. The molecule has 1 aromatic carbocycles. The number of fused-ring (bicyclic) bond motifs is 1. The highest BCUT2D eigenvalue weighted by Gasteiger charge is 2.17. The van der Waals surface area contributed by atoms with Crippen LogP contribution >= 0.6 is 27.3 Å². The Morgan fingerprint density at radius 2 is 2.31 bits per heavy atom. The molecule has 1 heterocycles. The van der Waals surface area contributed by atoms with Gasteiger partial charge in [0.25, 0.3) is 0 Å². The molecule has 66 valence electrons. The Morgan fingerprint density at radius 1 is 1.54 bits per heavy atom. The van der Waals surface area contributed by atoms with E-state index < -0.39 is 4.92 Å². The number of nitro groups is 1. The number of benzene rings is 1. The lowest BCUT2D eigenvalue weighted by atomic mass is 10.3. The van der Waals surface area contributed by atoms with Crippen LogP contribution in [0, 0.1) is 10.1 Å². The molecular weight excluding hydrogens is 256 g/mol. The topological polar surface area (TPSA) is 56.0 Å². The molecule has 1 aromatic heterocycles. The van der Waals surface area contributed by atoms with Crippen LogP contribution in [0.25, 0.3) is 10.2 Å². The van der Waals surface area contributed by atoms with Gasteiger partial charge in [0.1, 0.15) is 4.70 Å². The van der Waals surface area contributed by atoms with Crippen molar-refractivity contribution >= 4 is 43.2 Å². The third-order valence-corrected chi connectivity index (χ3v) is 3.10. The Bertz CT molecular complexity index is 482. The lowest BCUT2D eigenvalue weighted by Crippen LogP contribution is -1.89. The molecule has 2 aromatic rings. The molecular formula is C7H3BrN2O2S. The molecule has 0 fully saturated rings. The third kappa shape index (κ3) is 1.31. The molecule has 0 amide bonds. The van der Waals surface area contributed by atoms with Crippen LogP contribution < -0.4 is 0 Å². The molecule has 0 radical (unpaired) electrons. The first-order valence-corrected chi connectivity index (χ1v) is 5.03. The summed E-state index contributed by atoms with van der Waals surface area (Å²) in [6, 6.07) is 3.39. The molecule has 0 saturated carbocycles. The molecule has 0 aliphatic carbocycles. The van der Waals surface area contributed by atoms with Crippen LogP contribution in [0.3, 0.4) is 0 Å². The van der Waals surface area contributed by atoms with Gasteiger partial charge in [0, 0.05) is 0 Å². The number of rotatable bonds is 1. The van der Waals surface area contributed by atoms with E-state index in [1.165, 1.54) is 11.3 Å². The van der Waals surface area contributed by atoms with Gasteiger partial charge in [0.05, 0.1) is 20.4 Å². The van der Waals surface area contributed by atoms with Crippen molar-refractivity contribution in [1.29, 1.82) is 0 Å². The average molecular weight is 259 g/mol. The number of hydrogen-bond donors (Lipinski definition) is 0. The Labute approximate surface area is 85.5 Å². The summed E-state index contributed by atoms with van der Waals surface area (Å²) in [5, 5.41) is 10.7. The fourth-order valence-electron chi connectivity index (χ4n) is 1.06. The van der Waals surface area contributed by atoms with Gasteiger partial charge >= 0.3 is 5.69 Å². The summed E-state index contributed by atoms with van der Waals surface area (Å²) in [7, 11) is 0. The Hall–Kier alpha value is -1.01. The fourth-order valence-corrected chi connectivity index (χ4v) is 2.48. The van der Waals surface area contributed by atoms with Crippen molar-refractivity contribution in [3.8, 4) is 0 Å². The van der Waals surface area contributed by atoms with Crippen molar-refractivity contribution in [3.63, 3.8) is 0 Å². The number of nitrogens with zero attached hydrogens (tertiary/aromatic N) is 2. The zero-order valence-electron chi connectivity index (χ0n) is 6.23. The molecule has 0 aliphatic rings. The van der Waals surface area contributed by atoms with Crippen molar-refractivity contribution in [2.45, 2.75) is 0 Å². The van der Waals surface area contributed by atoms with Crippen LogP contribution in [-0.4, -0.2) is 9.91 Å². The number of hydrogen-bond acceptors (Lipinski definition) is 4. The molecule has 0 N–H and O–H groups in total. The number of aromatic nitrogens is 1. The molecule has 0 saturated heterocycles. The van der Waals surface area contributed by atoms with Gasteiger partial charge in [-0.05, 0) is 28.1 Å². The van der Waals surface area contributed by atoms with Gasteiger partial charge in [-0.1, -0.05) is 0 Å². The fraction of sp³-hybridized carbons (Fsp3) is 0. The maximum Gasteiger partial charge on any atom is 0.302 e. The van der Waals surface area contributed by atoms with Gasteiger partial charge in [-0.15, -0.1) is 11.3 Å². The van der Waals surface area contributed by atoms with E-state index in [9.17, 15) is 10.1 Å².